The van der Waals surface area contributed by atoms with Crippen LogP contribution < -0.4 is 15.0 Å². The van der Waals surface area contributed by atoms with Gasteiger partial charge in [0.1, 0.15) is 24.9 Å². The second-order valence-corrected chi connectivity index (χ2v) is 10.8. The number of hydrogen-bond acceptors (Lipinski definition) is 9. The van der Waals surface area contributed by atoms with Gasteiger partial charge in [0, 0.05) is 25.4 Å². The molecule has 2 aliphatic heterocycles. The van der Waals surface area contributed by atoms with Crippen LogP contribution in [0.25, 0.3) is 0 Å². The van der Waals surface area contributed by atoms with Crippen molar-refractivity contribution >= 4 is 33.3 Å². The highest BCUT2D eigenvalue weighted by molar-refractivity contribution is 7.90. The summed E-state index contributed by atoms with van der Waals surface area (Å²) in [5, 5.41) is 2.91. The zero-order chi connectivity index (χ0) is 25.2. The molecule has 10 nitrogen and oxygen atoms in total. The Balaban J connectivity index is 1.48. The van der Waals surface area contributed by atoms with E-state index in [1.807, 2.05) is 13.8 Å². The number of carbonyl (C=O) groups excluding carboxylic acids is 1. The first-order chi connectivity index (χ1) is 16.7. The highest BCUT2D eigenvalue weighted by Gasteiger charge is 2.33. The van der Waals surface area contributed by atoms with Gasteiger partial charge in [0.25, 0.3) is 0 Å². The molecule has 0 radical (unpaired) electrons. The van der Waals surface area contributed by atoms with Crippen molar-refractivity contribution in [2.45, 2.75) is 50.2 Å². The molecule has 1 fully saturated rings. The van der Waals surface area contributed by atoms with Crippen LogP contribution in [0.2, 0.25) is 0 Å². The monoisotopic (exact) mass is 507 g/mol. The first kappa shape index (κ1) is 25.0. The summed E-state index contributed by atoms with van der Waals surface area (Å²) < 4.78 is 49.3. The molecule has 2 aliphatic rings. The maximum atomic E-state index is 14.6. The van der Waals surface area contributed by atoms with Crippen molar-refractivity contribution in [3.8, 4) is 5.75 Å². The van der Waals surface area contributed by atoms with E-state index in [0.717, 1.165) is 31.6 Å². The summed E-state index contributed by atoms with van der Waals surface area (Å²) in [6.07, 6.45) is 4.29. The van der Waals surface area contributed by atoms with Gasteiger partial charge in [-0.05, 0) is 44.4 Å². The molecule has 190 valence electrons. The van der Waals surface area contributed by atoms with E-state index in [1.54, 1.807) is 4.90 Å². The molecular formula is C23H30FN5O5S. The number of ether oxygens (including phenoxy) is 2. The molecule has 4 rings (SSSR count). The predicted octanol–water partition coefficient (Wildman–Crippen LogP) is 3.36. The van der Waals surface area contributed by atoms with Crippen LogP contribution in [0.4, 0.5) is 26.5 Å². The molecule has 1 N–H and O–H groups in total. The maximum absolute atomic E-state index is 14.6. The Labute approximate surface area is 204 Å². The average molecular weight is 508 g/mol. The standard InChI is InChI=1S/C23H30FN5O5S/c1-4-15(2)34-23(30)28-9-7-16(8-10-28)29-11-12-33-20-21(25-14-26-22(20)29)27-19-6-5-17(13-18(19)24)35(3,31)32/h5-6,13-16H,4,7-12H2,1-3H3,(H,25,26,27)/t15-/m1/s1. The Morgan fingerprint density at radius 1 is 1.29 bits per heavy atom. The second-order valence-electron chi connectivity index (χ2n) is 8.78. The number of hydrogen-bond donors (Lipinski definition) is 1. The lowest BCUT2D eigenvalue weighted by Gasteiger charge is -2.41. The molecule has 1 atom stereocenters. The number of likely N-dealkylation sites (tertiary alicyclic amines) is 1. The third-order valence-corrected chi connectivity index (χ3v) is 7.41. The van der Waals surface area contributed by atoms with Crippen molar-refractivity contribution in [3.05, 3.63) is 30.3 Å². The lowest BCUT2D eigenvalue weighted by atomic mass is 10.0. The van der Waals surface area contributed by atoms with E-state index in [-0.39, 0.29) is 28.8 Å². The molecule has 35 heavy (non-hydrogen) atoms. The summed E-state index contributed by atoms with van der Waals surface area (Å²) >= 11 is 0. The van der Waals surface area contributed by atoms with Gasteiger partial charge in [-0.1, -0.05) is 6.92 Å². The van der Waals surface area contributed by atoms with Crippen molar-refractivity contribution in [1.82, 2.24) is 14.9 Å². The van der Waals surface area contributed by atoms with Gasteiger partial charge in [0.2, 0.25) is 5.75 Å². The summed E-state index contributed by atoms with van der Waals surface area (Å²) in [6, 6.07) is 3.81. The van der Waals surface area contributed by atoms with Crippen LogP contribution in [0.5, 0.6) is 5.75 Å². The highest BCUT2D eigenvalue weighted by atomic mass is 32.2. The minimum atomic E-state index is -3.52. The fourth-order valence-electron chi connectivity index (χ4n) is 4.14. The van der Waals surface area contributed by atoms with E-state index in [2.05, 4.69) is 20.2 Å². The third-order valence-electron chi connectivity index (χ3n) is 6.30. The number of sulfone groups is 1. The van der Waals surface area contributed by atoms with Crippen LogP contribution in [-0.2, 0) is 14.6 Å². The van der Waals surface area contributed by atoms with Crippen LogP contribution >= 0.6 is 0 Å². The molecule has 3 heterocycles. The number of aromatic nitrogens is 2. The normalized spacial score (nSPS) is 17.4. The number of amides is 1. The van der Waals surface area contributed by atoms with Crippen molar-refractivity contribution < 1.29 is 27.1 Å². The minimum absolute atomic E-state index is 0.0761. The molecule has 12 heteroatoms. The quantitative estimate of drug-likeness (QED) is 0.629. The van der Waals surface area contributed by atoms with Crippen molar-refractivity contribution in [1.29, 1.82) is 0 Å². The Kier molecular flexibility index (Phi) is 7.29. The van der Waals surface area contributed by atoms with Crippen LogP contribution in [-0.4, -0.2) is 74.0 Å². The van der Waals surface area contributed by atoms with Gasteiger partial charge >= 0.3 is 6.09 Å². The molecule has 2 aromatic rings. The van der Waals surface area contributed by atoms with Crippen LogP contribution in [0, 0.1) is 5.82 Å². The largest absolute Gasteiger partial charge is 0.485 e. The highest BCUT2D eigenvalue weighted by Crippen LogP contribution is 2.39. The molecule has 1 aromatic carbocycles. The smallest absolute Gasteiger partial charge is 0.410 e. The van der Waals surface area contributed by atoms with Crippen molar-refractivity contribution in [2.75, 3.05) is 42.7 Å². The fourth-order valence-corrected chi connectivity index (χ4v) is 4.78. The number of nitrogens with zero attached hydrogens (tertiary/aromatic N) is 4. The van der Waals surface area contributed by atoms with E-state index >= 15 is 0 Å². The first-order valence-electron chi connectivity index (χ1n) is 11.6. The Hall–Kier alpha value is -3.15. The van der Waals surface area contributed by atoms with Gasteiger partial charge in [0.05, 0.1) is 17.1 Å². The summed E-state index contributed by atoms with van der Waals surface area (Å²) in [5.41, 5.74) is 0.0761. The number of fused-ring (bicyclic) bond motifs is 1. The average Bonchev–Trinajstić information content (AvgIpc) is 2.84. The Morgan fingerprint density at radius 2 is 2.03 bits per heavy atom. The van der Waals surface area contributed by atoms with E-state index < -0.39 is 15.7 Å². The van der Waals surface area contributed by atoms with Gasteiger partial charge in [-0.3, -0.25) is 0 Å². The maximum Gasteiger partial charge on any atom is 0.410 e. The zero-order valence-electron chi connectivity index (χ0n) is 20.0. The van der Waals surface area contributed by atoms with Gasteiger partial charge in [-0.15, -0.1) is 0 Å². The van der Waals surface area contributed by atoms with E-state index in [9.17, 15) is 17.6 Å². The zero-order valence-corrected chi connectivity index (χ0v) is 20.8. The van der Waals surface area contributed by atoms with Crippen LogP contribution in [0.15, 0.2) is 29.4 Å². The molecule has 0 bridgehead atoms. The Morgan fingerprint density at radius 3 is 2.69 bits per heavy atom. The Bertz CT molecular complexity index is 1190. The molecule has 0 unspecified atom stereocenters. The summed E-state index contributed by atoms with van der Waals surface area (Å²) in [4.78, 5) is 24.8. The van der Waals surface area contributed by atoms with Crippen molar-refractivity contribution in [3.63, 3.8) is 0 Å². The molecular weight excluding hydrogens is 477 g/mol. The number of piperidine rings is 1. The van der Waals surface area contributed by atoms with E-state index in [0.29, 0.717) is 43.6 Å². The summed E-state index contributed by atoms with van der Waals surface area (Å²) in [5.74, 6) is 0.580. The van der Waals surface area contributed by atoms with E-state index in [1.165, 1.54) is 18.5 Å². The fraction of sp³-hybridized carbons (Fsp3) is 0.522. The number of nitrogens with one attached hydrogen (secondary N) is 1. The third kappa shape index (κ3) is 5.58. The van der Waals surface area contributed by atoms with Gasteiger partial charge in [-0.25, -0.2) is 27.6 Å². The topological polar surface area (TPSA) is 114 Å². The number of rotatable bonds is 6. The van der Waals surface area contributed by atoms with Gasteiger partial charge < -0.3 is 24.6 Å². The van der Waals surface area contributed by atoms with E-state index in [4.69, 9.17) is 9.47 Å². The van der Waals surface area contributed by atoms with Crippen LogP contribution in [0.1, 0.15) is 33.1 Å². The minimum Gasteiger partial charge on any atom is -0.485 e. The van der Waals surface area contributed by atoms with Crippen molar-refractivity contribution in [2.24, 2.45) is 0 Å². The number of carbonyl (C=O) groups is 1. The lowest BCUT2D eigenvalue weighted by Crippen LogP contribution is -2.49. The lowest BCUT2D eigenvalue weighted by molar-refractivity contribution is 0.0610. The number of halogens is 1. The van der Waals surface area contributed by atoms with Gasteiger partial charge in [0.15, 0.2) is 21.5 Å². The molecule has 0 spiro atoms. The molecule has 1 aromatic heterocycles. The molecule has 0 saturated carbocycles. The SMILES string of the molecule is CC[C@@H](C)OC(=O)N1CCC(N2CCOc3c(Nc4ccc(S(C)(=O)=O)cc4F)ncnc32)CC1. The number of benzene rings is 1. The molecule has 1 amide bonds. The summed E-state index contributed by atoms with van der Waals surface area (Å²) in [7, 11) is -3.52. The summed E-state index contributed by atoms with van der Waals surface area (Å²) in [6.45, 7) is 6.06. The molecule has 0 aliphatic carbocycles. The molecule has 1 saturated heterocycles. The van der Waals surface area contributed by atoms with Crippen LogP contribution in [0.3, 0.4) is 0 Å². The first-order valence-corrected chi connectivity index (χ1v) is 13.5. The second kappa shape index (κ2) is 10.2. The number of anilines is 3. The van der Waals surface area contributed by atoms with Gasteiger partial charge in [-0.2, -0.15) is 0 Å². The predicted molar refractivity (Wildman–Crippen MR) is 128 cm³/mol.